The molecular weight excluding hydrogens is 422 g/mol. The average Bonchev–Trinajstić information content (AvgIpc) is 3.45. The largest absolute Gasteiger partial charge is 0.370 e. The van der Waals surface area contributed by atoms with Gasteiger partial charge in [-0.3, -0.25) is 9.59 Å². The molecule has 1 aromatic carbocycles. The van der Waals surface area contributed by atoms with E-state index in [0.717, 1.165) is 47.0 Å². The predicted octanol–water partition coefficient (Wildman–Crippen LogP) is 4.42. The molecule has 0 spiro atoms. The Morgan fingerprint density at radius 3 is 2.69 bits per heavy atom. The van der Waals surface area contributed by atoms with E-state index in [1.165, 1.54) is 11.3 Å². The summed E-state index contributed by atoms with van der Waals surface area (Å²) in [6, 6.07) is 14.1. The van der Waals surface area contributed by atoms with Gasteiger partial charge in [-0.2, -0.15) is 0 Å². The lowest BCUT2D eigenvalue weighted by atomic mass is 9.88. The van der Waals surface area contributed by atoms with Crippen molar-refractivity contribution in [1.29, 1.82) is 0 Å². The van der Waals surface area contributed by atoms with E-state index >= 15 is 0 Å². The Kier molecular flexibility index (Phi) is 5.69. The minimum absolute atomic E-state index is 0.0240. The number of morpholine rings is 1. The van der Waals surface area contributed by atoms with Crippen molar-refractivity contribution in [3.8, 4) is 0 Å². The van der Waals surface area contributed by atoms with Crippen LogP contribution in [0.15, 0.2) is 48.7 Å². The number of hydrogen-bond donors (Lipinski definition) is 1. The average molecular weight is 450 g/mol. The summed E-state index contributed by atoms with van der Waals surface area (Å²) in [5.41, 5.74) is 1.66. The third kappa shape index (κ3) is 3.80. The molecule has 1 saturated heterocycles. The monoisotopic (exact) mass is 449 g/mol. The number of hydrogen-bond acceptors (Lipinski definition) is 5. The minimum Gasteiger partial charge on any atom is -0.370 e. The normalized spacial score (nSPS) is 20.4. The lowest BCUT2D eigenvalue weighted by Gasteiger charge is -2.34. The number of carbonyl (C=O) groups is 2. The van der Waals surface area contributed by atoms with Crippen molar-refractivity contribution in [3.05, 3.63) is 64.7 Å². The standard InChI is InChI=1S/C25H27N3O3S/c1-17(29)28-14-15-31-20(16-28)21-19-10-7-13-26-24(19)32-22(21)23(30)27-25(11-5-6-12-25)18-8-3-2-4-9-18/h2-4,7-10,13,20H,5-6,11-12,14-16H2,1H3,(H,27,30). The van der Waals surface area contributed by atoms with Crippen LogP contribution in [0.25, 0.3) is 10.2 Å². The molecule has 166 valence electrons. The molecule has 2 fully saturated rings. The van der Waals surface area contributed by atoms with Gasteiger partial charge in [-0.15, -0.1) is 11.3 Å². The summed E-state index contributed by atoms with van der Waals surface area (Å²) in [5.74, 6) is -0.0618. The highest BCUT2D eigenvalue weighted by atomic mass is 32.1. The van der Waals surface area contributed by atoms with Crippen LogP contribution in [-0.2, 0) is 15.1 Å². The Balaban J connectivity index is 1.53. The number of rotatable bonds is 4. The topological polar surface area (TPSA) is 71.5 Å². The molecule has 5 rings (SSSR count). The molecule has 0 bridgehead atoms. The zero-order valence-electron chi connectivity index (χ0n) is 18.2. The van der Waals surface area contributed by atoms with E-state index in [-0.39, 0.29) is 23.5 Å². The van der Waals surface area contributed by atoms with Gasteiger partial charge in [0.2, 0.25) is 5.91 Å². The first-order valence-electron chi connectivity index (χ1n) is 11.2. The fourth-order valence-electron chi connectivity index (χ4n) is 5.05. The minimum atomic E-state index is -0.349. The third-order valence-corrected chi connectivity index (χ3v) is 7.81. The first-order chi connectivity index (χ1) is 15.6. The second kappa shape index (κ2) is 8.64. The van der Waals surface area contributed by atoms with Crippen LogP contribution < -0.4 is 5.32 Å². The molecule has 3 heterocycles. The van der Waals surface area contributed by atoms with Gasteiger partial charge in [-0.1, -0.05) is 49.2 Å². The van der Waals surface area contributed by atoms with E-state index in [9.17, 15) is 9.59 Å². The number of benzene rings is 1. The maximum atomic E-state index is 13.8. The second-order valence-electron chi connectivity index (χ2n) is 8.63. The van der Waals surface area contributed by atoms with E-state index in [1.54, 1.807) is 18.0 Å². The quantitative estimate of drug-likeness (QED) is 0.640. The molecule has 0 radical (unpaired) electrons. The van der Waals surface area contributed by atoms with Gasteiger partial charge >= 0.3 is 0 Å². The van der Waals surface area contributed by atoms with Crippen molar-refractivity contribution >= 4 is 33.4 Å². The fraction of sp³-hybridized carbons (Fsp3) is 0.400. The van der Waals surface area contributed by atoms with Gasteiger partial charge in [0.25, 0.3) is 5.91 Å². The number of thiophene rings is 1. The lowest BCUT2D eigenvalue weighted by Crippen LogP contribution is -2.44. The number of amides is 2. The van der Waals surface area contributed by atoms with Crippen molar-refractivity contribution in [2.45, 2.75) is 44.2 Å². The van der Waals surface area contributed by atoms with E-state index in [4.69, 9.17) is 4.74 Å². The van der Waals surface area contributed by atoms with Gasteiger partial charge in [-0.05, 0) is 24.5 Å². The van der Waals surface area contributed by atoms with Crippen molar-refractivity contribution in [2.24, 2.45) is 0 Å². The summed E-state index contributed by atoms with van der Waals surface area (Å²) in [6.07, 6.45) is 5.45. The maximum Gasteiger partial charge on any atom is 0.262 e. The summed E-state index contributed by atoms with van der Waals surface area (Å²) < 4.78 is 6.09. The molecule has 1 atom stereocenters. The molecule has 1 aliphatic carbocycles. The molecular formula is C25H27N3O3S. The van der Waals surface area contributed by atoms with Gasteiger partial charge in [0, 0.05) is 30.6 Å². The Hall–Kier alpha value is -2.77. The fourth-order valence-corrected chi connectivity index (χ4v) is 6.13. The third-order valence-electron chi connectivity index (χ3n) is 6.68. The first-order valence-corrected chi connectivity index (χ1v) is 12.0. The van der Waals surface area contributed by atoms with E-state index in [1.807, 2.05) is 30.3 Å². The number of fused-ring (bicyclic) bond motifs is 1. The highest BCUT2D eigenvalue weighted by Gasteiger charge is 2.39. The lowest BCUT2D eigenvalue weighted by molar-refractivity contribution is -0.136. The van der Waals surface area contributed by atoms with Crippen molar-refractivity contribution in [1.82, 2.24) is 15.2 Å². The van der Waals surface area contributed by atoms with Crippen LogP contribution in [-0.4, -0.2) is 41.4 Å². The van der Waals surface area contributed by atoms with Gasteiger partial charge in [0.1, 0.15) is 15.8 Å². The number of carbonyl (C=O) groups excluding carboxylic acids is 2. The summed E-state index contributed by atoms with van der Waals surface area (Å²) in [7, 11) is 0. The molecule has 1 aliphatic heterocycles. The molecule has 6 nitrogen and oxygen atoms in total. The number of aromatic nitrogens is 1. The van der Waals surface area contributed by atoms with E-state index in [0.29, 0.717) is 24.6 Å². The van der Waals surface area contributed by atoms with Crippen LogP contribution in [0.1, 0.15) is 59.5 Å². The zero-order chi connectivity index (χ0) is 22.1. The Morgan fingerprint density at radius 1 is 1.16 bits per heavy atom. The van der Waals surface area contributed by atoms with Crippen molar-refractivity contribution < 1.29 is 14.3 Å². The Labute approximate surface area is 191 Å². The smallest absolute Gasteiger partial charge is 0.262 e. The van der Waals surface area contributed by atoms with Gasteiger partial charge < -0.3 is 15.0 Å². The Morgan fingerprint density at radius 2 is 1.94 bits per heavy atom. The number of nitrogens with zero attached hydrogens (tertiary/aromatic N) is 2. The van der Waals surface area contributed by atoms with Crippen molar-refractivity contribution in [2.75, 3.05) is 19.7 Å². The molecule has 2 aromatic heterocycles. The SMILES string of the molecule is CC(=O)N1CCOC(c2c(C(=O)NC3(c4ccccc4)CCCC3)sc3ncccc23)C1. The zero-order valence-corrected chi connectivity index (χ0v) is 19.0. The molecule has 32 heavy (non-hydrogen) atoms. The van der Waals surface area contributed by atoms with Crippen LogP contribution in [0.4, 0.5) is 0 Å². The predicted molar refractivity (Wildman–Crippen MR) is 125 cm³/mol. The highest BCUT2D eigenvalue weighted by molar-refractivity contribution is 7.20. The van der Waals surface area contributed by atoms with Gasteiger partial charge in [0.15, 0.2) is 0 Å². The van der Waals surface area contributed by atoms with E-state index < -0.39 is 0 Å². The van der Waals surface area contributed by atoms with E-state index in [2.05, 4.69) is 22.4 Å². The van der Waals surface area contributed by atoms with Crippen LogP contribution in [0.2, 0.25) is 0 Å². The summed E-state index contributed by atoms with van der Waals surface area (Å²) in [4.78, 5) is 33.5. The molecule has 7 heteroatoms. The summed E-state index contributed by atoms with van der Waals surface area (Å²) in [6.45, 7) is 3.05. The van der Waals surface area contributed by atoms with Crippen LogP contribution in [0.5, 0.6) is 0 Å². The van der Waals surface area contributed by atoms with Gasteiger partial charge in [0.05, 0.1) is 18.7 Å². The Bertz CT molecular complexity index is 1140. The molecule has 1 saturated carbocycles. The van der Waals surface area contributed by atoms with Gasteiger partial charge in [-0.25, -0.2) is 4.98 Å². The second-order valence-corrected chi connectivity index (χ2v) is 9.63. The maximum absolute atomic E-state index is 13.8. The van der Waals surface area contributed by atoms with Crippen LogP contribution in [0.3, 0.4) is 0 Å². The number of pyridine rings is 1. The van der Waals surface area contributed by atoms with Crippen LogP contribution in [0, 0.1) is 0 Å². The van der Waals surface area contributed by atoms with Crippen molar-refractivity contribution in [3.63, 3.8) is 0 Å². The molecule has 1 unspecified atom stereocenters. The summed E-state index contributed by atoms with van der Waals surface area (Å²) in [5, 5.41) is 4.34. The summed E-state index contributed by atoms with van der Waals surface area (Å²) >= 11 is 1.41. The highest BCUT2D eigenvalue weighted by Crippen LogP contribution is 2.41. The number of ether oxygens (including phenoxy) is 1. The first kappa shape index (κ1) is 21.1. The number of nitrogens with one attached hydrogen (secondary N) is 1. The molecule has 3 aromatic rings. The molecule has 2 aliphatic rings. The molecule has 1 N–H and O–H groups in total. The molecule has 2 amide bonds. The van der Waals surface area contributed by atoms with Crippen LogP contribution >= 0.6 is 11.3 Å².